The average molecular weight is 486 g/mol. The molecule has 1 aliphatic rings. The van der Waals surface area contributed by atoms with E-state index in [0.29, 0.717) is 12.2 Å². The molecule has 8 heteroatoms. The summed E-state index contributed by atoms with van der Waals surface area (Å²) >= 11 is 0. The summed E-state index contributed by atoms with van der Waals surface area (Å²) in [6.45, 7) is 0.631. The first-order valence-corrected chi connectivity index (χ1v) is 12.2. The lowest BCUT2D eigenvalue weighted by Crippen LogP contribution is -2.12. The van der Waals surface area contributed by atoms with Gasteiger partial charge in [0, 0.05) is 30.2 Å². The van der Waals surface area contributed by atoms with Gasteiger partial charge in [0.25, 0.3) is 0 Å². The second kappa shape index (κ2) is 11.5. The second-order valence-corrected chi connectivity index (χ2v) is 9.22. The quantitative estimate of drug-likeness (QED) is 0.181. The van der Waals surface area contributed by atoms with Crippen molar-refractivity contribution in [3.8, 4) is 11.3 Å². The normalized spacial score (nSPS) is 15.2. The van der Waals surface area contributed by atoms with Crippen LogP contribution in [-0.4, -0.2) is 34.2 Å². The van der Waals surface area contributed by atoms with Crippen molar-refractivity contribution in [3.63, 3.8) is 0 Å². The molecule has 0 spiro atoms. The van der Waals surface area contributed by atoms with Crippen LogP contribution in [0.3, 0.4) is 0 Å². The average Bonchev–Trinajstić information content (AvgIpc) is 3.26. The number of aromatic nitrogens is 2. The molecule has 0 radical (unpaired) electrons. The Labute approximate surface area is 203 Å². The number of carbonyl (C=O) groups is 1. The minimum absolute atomic E-state index is 0.0258. The summed E-state index contributed by atoms with van der Waals surface area (Å²) in [6, 6.07) is 11.1. The molecule has 1 aromatic carbocycles. The van der Waals surface area contributed by atoms with Crippen LogP contribution in [0.4, 0.5) is 13.2 Å². The molecule has 0 aliphatic heterocycles. The standard InChI is InChI=1S/C27H30F3N3O2/c28-27(29,30)12-9-24(34)16-21-7-4-8-23(15-21)25-19-31-26-17-22(10-13-33(25)26)18-32-35-14-11-20-5-2-1-3-6-20/h4,7-8,10,13,15,17-20H,1-3,5-6,9,11-12,14,16H2. The molecule has 0 saturated heterocycles. The van der Waals surface area contributed by atoms with Crippen LogP contribution in [0.25, 0.3) is 16.9 Å². The van der Waals surface area contributed by atoms with Crippen LogP contribution in [0.5, 0.6) is 0 Å². The van der Waals surface area contributed by atoms with Crippen molar-refractivity contribution in [1.29, 1.82) is 0 Å². The highest BCUT2D eigenvalue weighted by Crippen LogP contribution is 2.26. The zero-order valence-electron chi connectivity index (χ0n) is 19.6. The van der Waals surface area contributed by atoms with E-state index in [9.17, 15) is 18.0 Å². The van der Waals surface area contributed by atoms with Gasteiger partial charge in [-0.1, -0.05) is 55.5 Å². The highest BCUT2D eigenvalue weighted by molar-refractivity contribution is 5.82. The number of benzene rings is 1. The van der Waals surface area contributed by atoms with Crippen molar-refractivity contribution in [2.75, 3.05) is 6.61 Å². The zero-order valence-corrected chi connectivity index (χ0v) is 19.6. The highest BCUT2D eigenvalue weighted by Gasteiger charge is 2.27. The monoisotopic (exact) mass is 485 g/mol. The molecule has 2 aromatic heterocycles. The number of alkyl halides is 3. The zero-order chi connectivity index (χ0) is 24.7. The van der Waals surface area contributed by atoms with Crippen molar-refractivity contribution in [2.45, 2.75) is 64.0 Å². The molecule has 35 heavy (non-hydrogen) atoms. The van der Waals surface area contributed by atoms with Gasteiger partial charge in [-0.05, 0) is 36.1 Å². The molecule has 186 valence electrons. The van der Waals surface area contributed by atoms with Gasteiger partial charge >= 0.3 is 6.18 Å². The number of nitrogens with zero attached hydrogens (tertiary/aromatic N) is 3. The number of halogens is 3. The van der Waals surface area contributed by atoms with E-state index in [1.807, 2.05) is 34.9 Å². The Hall–Kier alpha value is -3.16. The van der Waals surface area contributed by atoms with E-state index < -0.39 is 24.8 Å². The van der Waals surface area contributed by atoms with Gasteiger partial charge in [0.2, 0.25) is 0 Å². The Kier molecular flexibility index (Phi) is 8.21. The molecule has 0 amide bonds. The molecule has 0 bridgehead atoms. The predicted molar refractivity (Wildman–Crippen MR) is 129 cm³/mol. The Morgan fingerprint density at radius 2 is 2.00 bits per heavy atom. The van der Waals surface area contributed by atoms with Crippen LogP contribution >= 0.6 is 0 Å². The van der Waals surface area contributed by atoms with Gasteiger partial charge in [-0.2, -0.15) is 13.2 Å². The fourth-order valence-electron chi connectivity index (χ4n) is 4.57. The Morgan fingerprint density at radius 1 is 1.17 bits per heavy atom. The first-order chi connectivity index (χ1) is 16.9. The largest absolute Gasteiger partial charge is 0.396 e. The molecule has 0 N–H and O–H groups in total. The van der Waals surface area contributed by atoms with E-state index in [-0.39, 0.29) is 6.42 Å². The van der Waals surface area contributed by atoms with Gasteiger partial charge in [-0.3, -0.25) is 9.20 Å². The van der Waals surface area contributed by atoms with E-state index in [0.717, 1.165) is 34.8 Å². The lowest BCUT2D eigenvalue weighted by atomic mass is 9.87. The van der Waals surface area contributed by atoms with Crippen molar-refractivity contribution >= 4 is 17.6 Å². The molecule has 5 nitrogen and oxygen atoms in total. The first-order valence-electron chi connectivity index (χ1n) is 12.2. The van der Waals surface area contributed by atoms with Crippen LogP contribution in [0.15, 0.2) is 53.9 Å². The number of imidazole rings is 1. The minimum Gasteiger partial charge on any atom is -0.396 e. The lowest BCUT2D eigenvalue weighted by Gasteiger charge is -2.20. The number of ketones is 1. The second-order valence-electron chi connectivity index (χ2n) is 9.22. The number of hydrogen-bond acceptors (Lipinski definition) is 4. The molecular formula is C27H30F3N3O2. The fraction of sp³-hybridized carbons (Fsp3) is 0.444. The molecule has 2 heterocycles. The minimum atomic E-state index is -4.32. The molecule has 4 rings (SSSR count). The fourth-order valence-corrected chi connectivity index (χ4v) is 4.57. The maximum Gasteiger partial charge on any atom is 0.389 e. The SMILES string of the molecule is O=C(CCC(F)(F)F)Cc1cccc(-c2cnc3cc(C=NOCCC4CCCCC4)ccn23)c1. The Morgan fingerprint density at radius 3 is 2.80 bits per heavy atom. The van der Waals surface area contributed by atoms with Crippen molar-refractivity contribution in [1.82, 2.24) is 9.38 Å². The van der Waals surface area contributed by atoms with Crippen molar-refractivity contribution in [2.24, 2.45) is 11.1 Å². The number of Topliss-reactive ketones (excluding diaryl/α,β-unsaturated/α-hetero) is 1. The number of oxime groups is 1. The summed E-state index contributed by atoms with van der Waals surface area (Å²) in [4.78, 5) is 21.9. The maximum atomic E-state index is 12.4. The molecule has 1 aliphatic carbocycles. The Balaban J connectivity index is 1.36. The summed E-state index contributed by atoms with van der Waals surface area (Å²) in [5.74, 6) is 0.331. The van der Waals surface area contributed by atoms with Gasteiger partial charge in [0.15, 0.2) is 0 Å². The van der Waals surface area contributed by atoms with Crippen molar-refractivity contribution in [3.05, 3.63) is 59.9 Å². The van der Waals surface area contributed by atoms with E-state index >= 15 is 0 Å². The number of rotatable bonds is 10. The third-order valence-electron chi connectivity index (χ3n) is 6.47. The van der Waals surface area contributed by atoms with Crippen molar-refractivity contribution < 1.29 is 22.8 Å². The topological polar surface area (TPSA) is 56.0 Å². The molecule has 3 aromatic rings. The molecule has 0 atom stereocenters. The van der Waals surface area contributed by atoms with Crippen LogP contribution < -0.4 is 0 Å². The van der Waals surface area contributed by atoms with Gasteiger partial charge in [-0.25, -0.2) is 4.98 Å². The van der Waals surface area contributed by atoms with E-state index in [2.05, 4.69) is 10.1 Å². The van der Waals surface area contributed by atoms with Crippen LogP contribution in [0.1, 0.15) is 62.5 Å². The summed E-state index contributed by atoms with van der Waals surface area (Å²) in [6.07, 6.45) is 7.01. The summed E-state index contributed by atoms with van der Waals surface area (Å²) < 4.78 is 39.1. The summed E-state index contributed by atoms with van der Waals surface area (Å²) in [5, 5.41) is 4.10. The molecule has 0 unspecified atom stereocenters. The molecular weight excluding hydrogens is 455 g/mol. The smallest absolute Gasteiger partial charge is 0.389 e. The summed E-state index contributed by atoms with van der Waals surface area (Å²) in [5.41, 5.74) is 3.95. The number of carbonyl (C=O) groups excluding carboxylic acids is 1. The first kappa shape index (κ1) is 24.9. The van der Waals surface area contributed by atoms with Crippen LogP contribution in [-0.2, 0) is 16.1 Å². The van der Waals surface area contributed by atoms with E-state index in [1.165, 1.54) is 32.1 Å². The van der Waals surface area contributed by atoms with E-state index in [4.69, 9.17) is 4.84 Å². The van der Waals surface area contributed by atoms with Gasteiger partial charge in [0.1, 0.15) is 18.0 Å². The third-order valence-corrected chi connectivity index (χ3v) is 6.47. The van der Waals surface area contributed by atoms with Gasteiger partial charge in [-0.15, -0.1) is 0 Å². The van der Waals surface area contributed by atoms with Crippen LogP contribution in [0.2, 0.25) is 0 Å². The van der Waals surface area contributed by atoms with E-state index in [1.54, 1.807) is 24.5 Å². The third kappa shape index (κ3) is 7.41. The highest BCUT2D eigenvalue weighted by atomic mass is 19.4. The predicted octanol–water partition coefficient (Wildman–Crippen LogP) is 6.78. The maximum absolute atomic E-state index is 12.4. The van der Waals surface area contributed by atoms with Crippen LogP contribution in [0, 0.1) is 5.92 Å². The summed E-state index contributed by atoms with van der Waals surface area (Å²) in [7, 11) is 0. The molecule has 1 fully saturated rings. The number of pyridine rings is 1. The Bertz CT molecular complexity index is 1160. The van der Waals surface area contributed by atoms with Gasteiger partial charge in [0.05, 0.1) is 24.5 Å². The molecule has 1 saturated carbocycles. The number of hydrogen-bond donors (Lipinski definition) is 0. The number of fused-ring (bicyclic) bond motifs is 1. The van der Waals surface area contributed by atoms with Gasteiger partial charge < -0.3 is 4.84 Å². The lowest BCUT2D eigenvalue weighted by molar-refractivity contribution is -0.143.